The van der Waals surface area contributed by atoms with Gasteiger partial charge in [-0.2, -0.15) is 0 Å². The van der Waals surface area contributed by atoms with Crippen LogP contribution in [0, 0.1) is 13.8 Å². The Morgan fingerprint density at radius 1 is 1.31 bits per heavy atom. The van der Waals surface area contributed by atoms with Crippen LogP contribution in [0.25, 0.3) is 0 Å². The average molecular weight is 232 g/mol. The first kappa shape index (κ1) is 11.0. The molecule has 16 heavy (non-hydrogen) atoms. The summed E-state index contributed by atoms with van der Waals surface area (Å²) in [6.45, 7) is 3.87. The number of aryl methyl sites for hydroxylation is 2. The Morgan fingerprint density at radius 2 is 2.12 bits per heavy atom. The van der Waals surface area contributed by atoms with Gasteiger partial charge in [-0.25, -0.2) is 0 Å². The summed E-state index contributed by atoms with van der Waals surface area (Å²) in [6, 6.07) is 7.61. The summed E-state index contributed by atoms with van der Waals surface area (Å²) >= 11 is 1.47. The number of Topliss-reactive ketones (excluding diaryl/α,β-unsaturated/α-hetero) is 1. The Kier molecular flexibility index (Phi) is 3.10. The highest BCUT2D eigenvalue weighted by atomic mass is 32.1. The van der Waals surface area contributed by atoms with E-state index < -0.39 is 0 Å². The van der Waals surface area contributed by atoms with Gasteiger partial charge in [0.2, 0.25) is 0 Å². The zero-order valence-electron chi connectivity index (χ0n) is 9.23. The van der Waals surface area contributed by atoms with Crippen LogP contribution in [-0.2, 0) is 6.42 Å². The third-order valence-corrected chi connectivity index (χ3v) is 3.06. The van der Waals surface area contributed by atoms with Crippen LogP contribution >= 0.6 is 11.3 Å². The van der Waals surface area contributed by atoms with Crippen molar-refractivity contribution in [2.24, 2.45) is 0 Å². The second-order valence-electron chi connectivity index (χ2n) is 3.68. The number of nitrogens with zero attached hydrogens (tertiary/aromatic N) is 2. The molecule has 0 saturated heterocycles. The number of carbonyl (C=O) groups excluding carboxylic acids is 1. The average Bonchev–Trinajstić information content (AvgIpc) is 2.64. The molecule has 0 fully saturated rings. The van der Waals surface area contributed by atoms with Gasteiger partial charge in [0, 0.05) is 5.56 Å². The third kappa shape index (κ3) is 2.52. The van der Waals surface area contributed by atoms with Crippen LogP contribution in [0.5, 0.6) is 0 Å². The standard InChI is InChI=1S/C12H12N2OS/c1-8-4-3-5-10(6-8)11(15)7-12-14-13-9(2)16-12/h3-6H,7H2,1-2H3. The summed E-state index contributed by atoms with van der Waals surface area (Å²) < 4.78 is 0. The molecule has 1 aromatic heterocycles. The van der Waals surface area contributed by atoms with E-state index in [1.807, 2.05) is 38.1 Å². The maximum atomic E-state index is 11.9. The van der Waals surface area contributed by atoms with Gasteiger partial charge >= 0.3 is 0 Å². The summed E-state index contributed by atoms with van der Waals surface area (Å²) in [5.74, 6) is 0.0971. The van der Waals surface area contributed by atoms with Gasteiger partial charge in [0.15, 0.2) is 5.78 Å². The number of rotatable bonds is 3. The second-order valence-corrected chi connectivity index (χ2v) is 4.95. The van der Waals surface area contributed by atoms with Gasteiger partial charge in [-0.3, -0.25) is 4.79 Å². The molecule has 0 radical (unpaired) electrons. The van der Waals surface area contributed by atoms with E-state index >= 15 is 0 Å². The molecule has 1 aromatic carbocycles. The van der Waals surface area contributed by atoms with Crippen LogP contribution in [0.1, 0.15) is 25.9 Å². The molecular formula is C12H12N2OS. The van der Waals surface area contributed by atoms with Crippen molar-refractivity contribution in [1.29, 1.82) is 0 Å². The molecule has 2 aromatic rings. The smallest absolute Gasteiger partial charge is 0.169 e. The molecule has 2 rings (SSSR count). The van der Waals surface area contributed by atoms with Crippen LogP contribution < -0.4 is 0 Å². The lowest BCUT2D eigenvalue weighted by Gasteiger charge is -1.99. The molecule has 0 N–H and O–H groups in total. The van der Waals surface area contributed by atoms with Crippen molar-refractivity contribution in [2.75, 3.05) is 0 Å². The van der Waals surface area contributed by atoms with Crippen molar-refractivity contribution in [3.63, 3.8) is 0 Å². The van der Waals surface area contributed by atoms with Gasteiger partial charge in [-0.1, -0.05) is 23.8 Å². The molecule has 0 aliphatic heterocycles. The SMILES string of the molecule is Cc1cccc(C(=O)Cc2nnc(C)s2)c1. The van der Waals surface area contributed by atoms with E-state index in [2.05, 4.69) is 10.2 Å². The van der Waals surface area contributed by atoms with Gasteiger partial charge in [0.25, 0.3) is 0 Å². The Balaban J connectivity index is 2.14. The van der Waals surface area contributed by atoms with Crippen molar-refractivity contribution < 1.29 is 4.79 Å². The van der Waals surface area contributed by atoms with E-state index in [4.69, 9.17) is 0 Å². The first-order valence-corrected chi connectivity index (χ1v) is 5.85. The fourth-order valence-electron chi connectivity index (χ4n) is 1.47. The van der Waals surface area contributed by atoms with Crippen LogP contribution in [0.15, 0.2) is 24.3 Å². The molecule has 82 valence electrons. The Bertz CT molecular complexity index is 519. The van der Waals surface area contributed by atoms with Crippen LogP contribution in [0.4, 0.5) is 0 Å². The lowest BCUT2D eigenvalue weighted by molar-refractivity contribution is 0.0992. The molecule has 0 amide bonds. The predicted octanol–water partition coefficient (Wildman–Crippen LogP) is 2.58. The lowest BCUT2D eigenvalue weighted by Crippen LogP contribution is -2.03. The first-order chi connectivity index (χ1) is 7.65. The zero-order valence-corrected chi connectivity index (χ0v) is 10.0. The molecular weight excluding hydrogens is 220 g/mol. The molecule has 0 aliphatic rings. The van der Waals surface area contributed by atoms with Crippen LogP contribution in [0.2, 0.25) is 0 Å². The van der Waals surface area contributed by atoms with E-state index in [1.165, 1.54) is 11.3 Å². The van der Waals surface area contributed by atoms with Crippen molar-refractivity contribution in [1.82, 2.24) is 10.2 Å². The molecule has 1 heterocycles. The van der Waals surface area contributed by atoms with Crippen molar-refractivity contribution in [2.45, 2.75) is 20.3 Å². The van der Waals surface area contributed by atoms with Crippen molar-refractivity contribution in [3.05, 3.63) is 45.4 Å². The zero-order chi connectivity index (χ0) is 11.5. The monoisotopic (exact) mass is 232 g/mol. The summed E-state index contributed by atoms with van der Waals surface area (Å²) in [6.07, 6.45) is 0.342. The summed E-state index contributed by atoms with van der Waals surface area (Å²) in [5, 5.41) is 9.53. The fraction of sp³-hybridized carbons (Fsp3) is 0.250. The normalized spacial score (nSPS) is 10.4. The van der Waals surface area contributed by atoms with Gasteiger partial charge < -0.3 is 0 Å². The number of hydrogen-bond acceptors (Lipinski definition) is 4. The maximum absolute atomic E-state index is 11.9. The maximum Gasteiger partial charge on any atom is 0.169 e. The second kappa shape index (κ2) is 4.53. The highest BCUT2D eigenvalue weighted by Gasteiger charge is 2.10. The number of hydrogen-bond donors (Lipinski definition) is 0. The van der Waals surface area contributed by atoms with E-state index in [1.54, 1.807) is 0 Å². The highest BCUT2D eigenvalue weighted by Crippen LogP contribution is 2.12. The molecule has 0 saturated carbocycles. The molecule has 0 atom stereocenters. The number of benzene rings is 1. The minimum atomic E-state index is 0.0971. The van der Waals surface area contributed by atoms with E-state index in [9.17, 15) is 4.79 Å². The molecule has 3 nitrogen and oxygen atoms in total. The van der Waals surface area contributed by atoms with Crippen molar-refractivity contribution in [3.8, 4) is 0 Å². The first-order valence-electron chi connectivity index (χ1n) is 5.04. The molecule has 0 unspecified atom stereocenters. The van der Waals surface area contributed by atoms with Crippen LogP contribution in [-0.4, -0.2) is 16.0 Å². The van der Waals surface area contributed by atoms with Crippen LogP contribution in [0.3, 0.4) is 0 Å². The predicted molar refractivity (Wildman–Crippen MR) is 63.9 cm³/mol. The molecule has 4 heteroatoms. The summed E-state index contributed by atoms with van der Waals surface area (Å²) in [4.78, 5) is 11.9. The largest absolute Gasteiger partial charge is 0.294 e. The minimum Gasteiger partial charge on any atom is -0.294 e. The lowest BCUT2D eigenvalue weighted by atomic mass is 10.1. The van der Waals surface area contributed by atoms with E-state index in [-0.39, 0.29) is 5.78 Å². The number of aromatic nitrogens is 2. The number of carbonyl (C=O) groups is 1. The minimum absolute atomic E-state index is 0.0971. The summed E-state index contributed by atoms with van der Waals surface area (Å²) in [7, 11) is 0. The van der Waals surface area contributed by atoms with Gasteiger partial charge in [-0.15, -0.1) is 21.5 Å². The molecule has 0 bridgehead atoms. The quantitative estimate of drug-likeness (QED) is 0.764. The Morgan fingerprint density at radius 3 is 2.75 bits per heavy atom. The van der Waals surface area contributed by atoms with E-state index in [0.717, 1.165) is 21.1 Å². The Labute approximate surface area is 98.2 Å². The number of ketones is 1. The fourth-order valence-corrected chi connectivity index (χ4v) is 2.17. The highest BCUT2D eigenvalue weighted by molar-refractivity contribution is 7.11. The topological polar surface area (TPSA) is 42.9 Å². The Hall–Kier alpha value is -1.55. The van der Waals surface area contributed by atoms with E-state index in [0.29, 0.717) is 6.42 Å². The molecule has 0 spiro atoms. The van der Waals surface area contributed by atoms with Gasteiger partial charge in [-0.05, 0) is 19.9 Å². The summed E-state index contributed by atoms with van der Waals surface area (Å²) in [5.41, 5.74) is 1.84. The van der Waals surface area contributed by atoms with Gasteiger partial charge in [0.05, 0.1) is 6.42 Å². The molecule has 0 aliphatic carbocycles. The van der Waals surface area contributed by atoms with Crippen molar-refractivity contribution >= 4 is 17.1 Å². The third-order valence-electron chi connectivity index (χ3n) is 2.22. The van der Waals surface area contributed by atoms with Gasteiger partial charge in [0.1, 0.15) is 10.0 Å².